The van der Waals surface area contributed by atoms with Crippen molar-refractivity contribution in [2.45, 2.75) is 52.0 Å². The van der Waals surface area contributed by atoms with Crippen molar-refractivity contribution in [3.8, 4) is 0 Å². The third kappa shape index (κ3) is 2.24. The lowest BCUT2D eigenvalue weighted by atomic mass is 9.80. The van der Waals surface area contributed by atoms with E-state index in [2.05, 4.69) is 11.8 Å². The molecule has 3 heteroatoms. The van der Waals surface area contributed by atoms with Crippen molar-refractivity contribution in [1.82, 2.24) is 4.90 Å². The molecule has 0 bridgehead atoms. The number of likely N-dealkylation sites (tertiary alicyclic amines) is 1. The van der Waals surface area contributed by atoms with Crippen molar-refractivity contribution in [3.05, 3.63) is 0 Å². The first-order chi connectivity index (χ1) is 7.51. The van der Waals surface area contributed by atoms with Gasteiger partial charge >= 0.3 is 5.97 Å². The zero-order valence-electron chi connectivity index (χ0n) is 10.4. The minimum atomic E-state index is -0.619. The molecule has 1 aliphatic heterocycles. The number of carboxylic acids is 1. The number of rotatable bonds is 2. The number of piperidine rings is 1. The number of hydrogen-bond acceptors (Lipinski definition) is 2. The lowest BCUT2D eigenvalue weighted by Crippen LogP contribution is -2.46. The van der Waals surface area contributed by atoms with E-state index in [1.54, 1.807) is 0 Å². The lowest BCUT2D eigenvalue weighted by Gasteiger charge is -2.39. The van der Waals surface area contributed by atoms with Crippen LogP contribution in [0.25, 0.3) is 0 Å². The van der Waals surface area contributed by atoms with Crippen LogP contribution in [0.3, 0.4) is 0 Å². The highest BCUT2D eigenvalue weighted by molar-refractivity contribution is 5.74. The van der Waals surface area contributed by atoms with Crippen molar-refractivity contribution in [2.75, 3.05) is 13.1 Å². The Hall–Kier alpha value is -0.570. The minimum absolute atomic E-state index is 0.472. The maximum Gasteiger partial charge on any atom is 0.309 e. The van der Waals surface area contributed by atoms with Gasteiger partial charge in [0.2, 0.25) is 0 Å². The van der Waals surface area contributed by atoms with Gasteiger partial charge in [0, 0.05) is 6.04 Å². The minimum Gasteiger partial charge on any atom is -0.481 e. The van der Waals surface area contributed by atoms with Crippen LogP contribution in [0.4, 0.5) is 0 Å². The second-order valence-electron chi connectivity index (χ2n) is 5.97. The second kappa shape index (κ2) is 4.36. The zero-order valence-corrected chi connectivity index (χ0v) is 10.4. The first-order valence-corrected chi connectivity index (χ1v) is 6.49. The molecule has 1 aliphatic carbocycles. The molecule has 0 amide bonds. The molecule has 2 rings (SSSR count). The maximum absolute atomic E-state index is 11.1. The highest BCUT2D eigenvalue weighted by Gasteiger charge is 2.39. The van der Waals surface area contributed by atoms with E-state index in [1.807, 2.05) is 6.92 Å². The van der Waals surface area contributed by atoms with E-state index in [4.69, 9.17) is 0 Å². The highest BCUT2D eigenvalue weighted by atomic mass is 16.4. The molecule has 0 aromatic carbocycles. The summed E-state index contributed by atoms with van der Waals surface area (Å²) in [5, 5.41) is 9.17. The fourth-order valence-corrected chi connectivity index (χ4v) is 3.11. The molecule has 3 nitrogen and oxygen atoms in total. The van der Waals surface area contributed by atoms with Gasteiger partial charge in [0.25, 0.3) is 0 Å². The number of aliphatic carboxylic acids is 1. The fraction of sp³-hybridized carbons (Fsp3) is 0.923. The molecule has 0 spiro atoms. The summed E-state index contributed by atoms with van der Waals surface area (Å²) in [4.78, 5) is 13.7. The first kappa shape index (κ1) is 11.9. The van der Waals surface area contributed by atoms with E-state index in [9.17, 15) is 9.90 Å². The number of carboxylic acid groups (broad SMARTS) is 1. The third-order valence-electron chi connectivity index (χ3n) is 4.60. The Morgan fingerprint density at radius 2 is 1.94 bits per heavy atom. The zero-order chi connectivity index (χ0) is 11.8. The molecule has 2 unspecified atom stereocenters. The van der Waals surface area contributed by atoms with Crippen LogP contribution in [0.1, 0.15) is 46.0 Å². The van der Waals surface area contributed by atoms with Gasteiger partial charge in [0.15, 0.2) is 0 Å². The van der Waals surface area contributed by atoms with Gasteiger partial charge in [-0.2, -0.15) is 0 Å². The predicted molar refractivity (Wildman–Crippen MR) is 63.4 cm³/mol. The van der Waals surface area contributed by atoms with E-state index in [0.29, 0.717) is 0 Å². The Labute approximate surface area is 97.8 Å². The molecule has 0 aromatic heterocycles. The van der Waals surface area contributed by atoms with Crippen LogP contribution in [-0.2, 0) is 4.79 Å². The van der Waals surface area contributed by atoms with Crippen LogP contribution in [0.2, 0.25) is 0 Å². The van der Waals surface area contributed by atoms with Crippen molar-refractivity contribution in [2.24, 2.45) is 11.3 Å². The topological polar surface area (TPSA) is 40.5 Å². The molecule has 0 radical (unpaired) electrons. The van der Waals surface area contributed by atoms with Crippen LogP contribution < -0.4 is 0 Å². The number of nitrogens with zero attached hydrogens (tertiary/aromatic N) is 1. The third-order valence-corrected chi connectivity index (χ3v) is 4.60. The van der Waals surface area contributed by atoms with Crippen LogP contribution in [0.5, 0.6) is 0 Å². The molecule has 1 saturated carbocycles. The highest BCUT2D eigenvalue weighted by Crippen LogP contribution is 2.36. The average Bonchev–Trinajstić information content (AvgIpc) is 2.66. The smallest absolute Gasteiger partial charge is 0.309 e. The second-order valence-corrected chi connectivity index (χ2v) is 5.97. The van der Waals surface area contributed by atoms with Crippen molar-refractivity contribution < 1.29 is 9.90 Å². The Morgan fingerprint density at radius 1 is 1.31 bits per heavy atom. The fourth-order valence-electron chi connectivity index (χ4n) is 3.11. The summed E-state index contributed by atoms with van der Waals surface area (Å²) in [6, 6.07) is 0.730. The summed E-state index contributed by atoms with van der Waals surface area (Å²) < 4.78 is 0. The quantitative estimate of drug-likeness (QED) is 0.784. The molecule has 0 aromatic rings. The molecule has 2 fully saturated rings. The molecule has 92 valence electrons. The van der Waals surface area contributed by atoms with Gasteiger partial charge in [-0.05, 0) is 58.0 Å². The van der Waals surface area contributed by atoms with E-state index in [-0.39, 0.29) is 0 Å². The van der Waals surface area contributed by atoms with E-state index >= 15 is 0 Å². The van der Waals surface area contributed by atoms with E-state index < -0.39 is 11.4 Å². The summed E-state index contributed by atoms with van der Waals surface area (Å²) in [5.74, 6) is 0.240. The summed E-state index contributed by atoms with van der Waals surface area (Å²) in [6.45, 7) is 6.16. The molecule has 2 aliphatic rings. The summed E-state index contributed by atoms with van der Waals surface area (Å²) >= 11 is 0. The average molecular weight is 225 g/mol. The van der Waals surface area contributed by atoms with E-state index in [1.165, 1.54) is 19.3 Å². The first-order valence-electron chi connectivity index (χ1n) is 6.49. The molecule has 1 N–H and O–H groups in total. The summed E-state index contributed by atoms with van der Waals surface area (Å²) in [5.41, 5.74) is -0.472. The normalized spacial score (nSPS) is 35.1. The van der Waals surface area contributed by atoms with Gasteiger partial charge in [-0.15, -0.1) is 0 Å². The molecular formula is C13H23NO2. The SMILES string of the molecule is CC1CCC(N2CCC(C)(C(=O)O)CC2)C1. The lowest BCUT2D eigenvalue weighted by molar-refractivity contribution is -0.151. The van der Waals surface area contributed by atoms with Gasteiger partial charge in [-0.25, -0.2) is 0 Å². The molecular weight excluding hydrogens is 202 g/mol. The van der Waals surface area contributed by atoms with Crippen LogP contribution in [0.15, 0.2) is 0 Å². The van der Waals surface area contributed by atoms with Gasteiger partial charge in [0.05, 0.1) is 5.41 Å². The van der Waals surface area contributed by atoms with Crippen LogP contribution in [0, 0.1) is 11.3 Å². The predicted octanol–water partition coefficient (Wildman–Crippen LogP) is 2.36. The number of carbonyl (C=O) groups is 1. The van der Waals surface area contributed by atoms with Gasteiger partial charge in [-0.1, -0.05) is 6.92 Å². The largest absolute Gasteiger partial charge is 0.481 e. The number of hydrogen-bond donors (Lipinski definition) is 1. The Bertz CT molecular complexity index is 269. The summed E-state index contributed by atoms with van der Waals surface area (Å²) in [6.07, 6.45) is 5.59. The van der Waals surface area contributed by atoms with Crippen molar-refractivity contribution in [3.63, 3.8) is 0 Å². The monoisotopic (exact) mass is 225 g/mol. The van der Waals surface area contributed by atoms with Gasteiger partial charge < -0.3 is 10.0 Å². The standard InChI is InChI=1S/C13H23NO2/c1-10-3-4-11(9-10)14-7-5-13(2,6-8-14)12(15)16/h10-11H,3-9H2,1-2H3,(H,15,16). The van der Waals surface area contributed by atoms with Crippen LogP contribution in [-0.4, -0.2) is 35.1 Å². The Balaban J connectivity index is 1.88. The van der Waals surface area contributed by atoms with Crippen molar-refractivity contribution in [1.29, 1.82) is 0 Å². The van der Waals surface area contributed by atoms with Gasteiger partial charge in [0.1, 0.15) is 0 Å². The Morgan fingerprint density at radius 3 is 2.38 bits per heavy atom. The van der Waals surface area contributed by atoms with E-state index in [0.717, 1.165) is 37.9 Å². The summed E-state index contributed by atoms with van der Waals surface area (Å²) in [7, 11) is 0. The van der Waals surface area contributed by atoms with Crippen LogP contribution >= 0.6 is 0 Å². The molecule has 1 saturated heterocycles. The molecule has 2 atom stereocenters. The maximum atomic E-state index is 11.1. The molecule has 16 heavy (non-hydrogen) atoms. The van der Waals surface area contributed by atoms with Crippen molar-refractivity contribution >= 4 is 5.97 Å². The Kier molecular flexibility index (Phi) is 3.24. The molecule has 1 heterocycles. The van der Waals surface area contributed by atoms with Gasteiger partial charge in [-0.3, -0.25) is 4.79 Å².